The highest BCUT2D eigenvalue weighted by atomic mass is 16.4. The molecule has 2 atom stereocenters. The van der Waals surface area contributed by atoms with E-state index in [4.69, 9.17) is 5.11 Å². The van der Waals surface area contributed by atoms with Gasteiger partial charge < -0.3 is 15.3 Å². The summed E-state index contributed by atoms with van der Waals surface area (Å²) in [6.45, 7) is 5.52. The number of carbonyl (C=O) groups is 2. The van der Waals surface area contributed by atoms with Gasteiger partial charge in [0.2, 0.25) is 5.91 Å². The Bertz CT molecular complexity index is 291. The number of nitrogens with one attached hydrogen (secondary N) is 1. The summed E-state index contributed by atoms with van der Waals surface area (Å²) in [5.41, 5.74) is 0. The first-order valence-electron chi connectivity index (χ1n) is 6.12. The van der Waals surface area contributed by atoms with E-state index in [1.165, 1.54) is 0 Å². The highest BCUT2D eigenvalue weighted by molar-refractivity contribution is 5.85. The molecule has 1 aliphatic heterocycles. The number of amides is 1. The molecule has 0 aromatic heterocycles. The SMILES string of the molecule is CC(C)C[C@H](NC(=O)C1CCN(C)C1)C(=O)O. The van der Waals surface area contributed by atoms with Gasteiger partial charge in [-0.1, -0.05) is 13.8 Å². The van der Waals surface area contributed by atoms with Crippen LogP contribution in [0.2, 0.25) is 0 Å². The van der Waals surface area contributed by atoms with Gasteiger partial charge in [-0.15, -0.1) is 0 Å². The molecule has 1 saturated heterocycles. The fraction of sp³-hybridized carbons (Fsp3) is 0.833. The zero-order valence-corrected chi connectivity index (χ0v) is 10.8. The van der Waals surface area contributed by atoms with Crippen LogP contribution in [0.1, 0.15) is 26.7 Å². The van der Waals surface area contributed by atoms with Crippen LogP contribution in [0.5, 0.6) is 0 Å². The summed E-state index contributed by atoms with van der Waals surface area (Å²) in [6, 6.07) is -0.756. The maximum Gasteiger partial charge on any atom is 0.326 e. The molecule has 17 heavy (non-hydrogen) atoms. The van der Waals surface area contributed by atoms with E-state index in [-0.39, 0.29) is 17.7 Å². The van der Waals surface area contributed by atoms with Gasteiger partial charge in [0.15, 0.2) is 0 Å². The van der Waals surface area contributed by atoms with Crippen LogP contribution in [0.25, 0.3) is 0 Å². The number of hydrogen-bond acceptors (Lipinski definition) is 3. The molecule has 98 valence electrons. The van der Waals surface area contributed by atoms with Crippen LogP contribution in [-0.2, 0) is 9.59 Å². The Labute approximate surface area is 102 Å². The molecule has 5 heteroatoms. The van der Waals surface area contributed by atoms with Crippen LogP contribution >= 0.6 is 0 Å². The first-order valence-corrected chi connectivity index (χ1v) is 6.12. The van der Waals surface area contributed by atoms with Crippen molar-refractivity contribution < 1.29 is 14.7 Å². The topological polar surface area (TPSA) is 69.6 Å². The van der Waals surface area contributed by atoms with Crippen LogP contribution in [-0.4, -0.2) is 48.1 Å². The minimum Gasteiger partial charge on any atom is -0.480 e. The predicted molar refractivity (Wildman–Crippen MR) is 64.6 cm³/mol. The minimum absolute atomic E-state index is 0.0611. The van der Waals surface area contributed by atoms with Crippen molar-refractivity contribution in [3.8, 4) is 0 Å². The molecule has 0 aromatic rings. The molecule has 1 aliphatic rings. The zero-order chi connectivity index (χ0) is 13.0. The quantitative estimate of drug-likeness (QED) is 0.739. The van der Waals surface area contributed by atoms with Crippen LogP contribution in [0.15, 0.2) is 0 Å². The zero-order valence-electron chi connectivity index (χ0n) is 10.8. The van der Waals surface area contributed by atoms with Crippen molar-refractivity contribution in [1.29, 1.82) is 0 Å². The second-order valence-electron chi connectivity index (χ2n) is 5.28. The van der Waals surface area contributed by atoms with Crippen molar-refractivity contribution in [3.63, 3.8) is 0 Å². The lowest BCUT2D eigenvalue weighted by atomic mass is 10.0. The summed E-state index contributed by atoms with van der Waals surface area (Å²) in [4.78, 5) is 25.0. The van der Waals surface area contributed by atoms with Gasteiger partial charge in [-0.3, -0.25) is 4.79 Å². The maximum absolute atomic E-state index is 11.9. The van der Waals surface area contributed by atoms with Gasteiger partial charge in [-0.25, -0.2) is 4.79 Å². The van der Waals surface area contributed by atoms with E-state index in [1.807, 2.05) is 20.9 Å². The molecule has 1 amide bonds. The molecule has 0 spiro atoms. The molecule has 1 fully saturated rings. The summed E-state index contributed by atoms with van der Waals surface area (Å²) in [5.74, 6) is -0.877. The number of aliphatic carboxylic acids is 1. The molecule has 0 bridgehead atoms. The number of nitrogens with zero attached hydrogens (tertiary/aromatic N) is 1. The molecule has 0 saturated carbocycles. The number of rotatable bonds is 5. The Morgan fingerprint density at radius 2 is 2.12 bits per heavy atom. The summed E-state index contributed by atoms with van der Waals surface area (Å²) in [6.07, 6.45) is 1.29. The average molecular weight is 242 g/mol. The molecular formula is C12H22N2O3. The van der Waals surface area contributed by atoms with E-state index in [1.54, 1.807) is 0 Å². The molecule has 1 rings (SSSR count). The monoisotopic (exact) mass is 242 g/mol. The van der Waals surface area contributed by atoms with E-state index in [9.17, 15) is 9.59 Å². The molecule has 5 nitrogen and oxygen atoms in total. The second kappa shape index (κ2) is 6.00. The van der Waals surface area contributed by atoms with Crippen LogP contribution in [0.4, 0.5) is 0 Å². The standard InChI is InChI=1S/C12H22N2O3/c1-8(2)6-10(12(16)17)13-11(15)9-4-5-14(3)7-9/h8-10H,4-7H2,1-3H3,(H,13,15)(H,16,17)/t9?,10-/m0/s1. The van der Waals surface area contributed by atoms with Gasteiger partial charge in [0.25, 0.3) is 0 Å². The largest absolute Gasteiger partial charge is 0.480 e. The second-order valence-corrected chi connectivity index (χ2v) is 5.28. The van der Waals surface area contributed by atoms with E-state index >= 15 is 0 Å². The lowest BCUT2D eigenvalue weighted by Gasteiger charge is -2.18. The van der Waals surface area contributed by atoms with E-state index in [2.05, 4.69) is 10.2 Å². The lowest BCUT2D eigenvalue weighted by Crippen LogP contribution is -2.44. The Balaban J connectivity index is 2.49. The molecule has 1 heterocycles. The van der Waals surface area contributed by atoms with E-state index in [0.717, 1.165) is 19.5 Å². The number of carbonyl (C=O) groups excluding carboxylic acids is 1. The number of carboxylic acid groups (broad SMARTS) is 1. The third kappa shape index (κ3) is 4.34. The van der Waals surface area contributed by atoms with Gasteiger partial charge in [-0.2, -0.15) is 0 Å². The Kier molecular flexibility index (Phi) is 4.93. The molecule has 2 N–H and O–H groups in total. The first-order chi connectivity index (χ1) is 7.90. The number of carboxylic acids is 1. The van der Waals surface area contributed by atoms with Gasteiger partial charge in [0.1, 0.15) is 6.04 Å². The fourth-order valence-electron chi connectivity index (χ4n) is 2.13. The Hall–Kier alpha value is -1.10. The van der Waals surface area contributed by atoms with Gasteiger partial charge in [0, 0.05) is 6.54 Å². The molecular weight excluding hydrogens is 220 g/mol. The highest BCUT2D eigenvalue weighted by Gasteiger charge is 2.29. The Morgan fingerprint density at radius 1 is 1.47 bits per heavy atom. The van der Waals surface area contributed by atoms with Crippen LogP contribution in [0, 0.1) is 11.8 Å². The third-order valence-corrected chi connectivity index (χ3v) is 3.08. The average Bonchev–Trinajstić information content (AvgIpc) is 2.63. The highest BCUT2D eigenvalue weighted by Crippen LogP contribution is 2.15. The van der Waals surface area contributed by atoms with Crippen LogP contribution in [0.3, 0.4) is 0 Å². The molecule has 0 aliphatic carbocycles. The lowest BCUT2D eigenvalue weighted by molar-refractivity contribution is -0.142. The first kappa shape index (κ1) is 14.0. The normalized spacial score (nSPS) is 22.7. The summed E-state index contributed by atoms with van der Waals surface area (Å²) in [5, 5.41) is 11.7. The van der Waals surface area contributed by atoms with Gasteiger partial charge >= 0.3 is 5.97 Å². The van der Waals surface area contributed by atoms with E-state index in [0.29, 0.717) is 6.42 Å². The van der Waals surface area contributed by atoms with Gasteiger partial charge in [0.05, 0.1) is 5.92 Å². The van der Waals surface area contributed by atoms with Crippen molar-refractivity contribution in [2.24, 2.45) is 11.8 Å². The van der Waals surface area contributed by atoms with Gasteiger partial charge in [-0.05, 0) is 32.4 Å². The molecule has 1 unspecified atom stereocenters. The smallest absolute Gasteiger partial charge is 0.326 e. The van der Waals surface area contributed by atoms with Crippen molar-refractivity contribution in [2.45, 2.75) is 32.7 Å². The van der Waals surface area contributed by atoms with Crippen molar-refractivity contribution >= 4 is 11.9 Å². The van der Waals surface area contributed by atoms with Crippen LogP contribution < -0.4 is 5.32 Å². The van der Waals surface area contributed by atoms with Crippen molar-refractivity contribution in [1.82, 2.24) is 10.2 Å². The number of hydrogen-bond donors (Lipinski definition) is 2. The number of likely N-dealkylation sites (tertiary alicyclic amines) is 1. The maximum atomic E-state index is 11.9. The predicted octanol–water partition coefficient (Wildman–Crippen LogP) is 0.554. The summed E-state index contributed by atoms with van der Waals surface area (Å²) in [7, 11) is 1.97. The Morgan fingerprint density at radius 3 is 2.53 bits per heavy atom. The molecule has 0 radical (unpaired) electrons. The van der Waals surface area contributed by atoms with E-state index < -0.39 is 12.0 Å². The minimum atomic E-state index is -0.946. The summed E-state index contributed by atoms with van der Waals surface area (Å²) >= 11 is 0. The van der Waals surface area contributed by atoms with Crippen molar-refractivity contribution in [3.05, 3.63) is 0 Å². The molecule has 0 aromatic carbocycles. The summed E-state index contributed by atoms with van der Waals surface area (Å²) < 4.78 is 0. The van der Waals surface area contributed by atoms with Crippen molar-refractivity contribution in [2.75, 3.05) is 20.1 Å². The third-order valence-electron chi connectivity index (χ3n) is 3.08. The fourth-order valence-corrected chi connectivity index (χ4v) is 2.13.